The van der Waals surface area contributed by atoms with Crippen molar-refractivity contribution >= 4 is 62.3 Å². The summed E-state index contributed by atoms with van der Waals surface area (Å²) < 4.78 is 14.4. The van der Waals surface area contributed by atoms with Crippen molar-refractivity contribution in [2.75, 3.05) is 13.6 Å². The van der Waals surface area contributed by atoms with Crippen molar-refractivity contribution in [3.05, 3.63) is 54.4 Å². The molecule has 1 heterocycles. The van der Waals surface area contributed by atoms with Gasteiger partial charge in [0, 0.05) is 12.1 Å². The predicted octanol–water partition coefficient (Wildman–Crippen LogP) is 4.91. The normalized spacial score (nSPS) is 11.9. The minimum atomic E-state index is -0.613. The quantitative estimate of drug-likeness (QED) is 0.635. The summed E-state index contributed by atoms with van der Waals surface area (Å²) in [5.74, 6) is -1.25. The molecule has 0 bridgehead atoms. The van der Waals surface area contributed by atoms with Crippen molar-refractivity contribution in [2.24, 2.45) is 0 Å². The highest BCUT2D eigenvalue weighted by atomic mass is 79.9. The van der Waals surface area contributed by atoms with Gasteiger partial charge in [-0.15, -0.1) is 11.3 Å². The number of hydrogen-bond acceptors (Lipinski definition) is 3. The summed E-state index contributed by atoms with van der Waals surface area (Å²) in [5, 5.41) is 2.87. The zero-order valence-corrected chi connectivity index (χ0v) is 17.2. The molecule has 0 spiro atoms. The SMILES string of the molecule is CC(NC(=O)CN(C)C(=O)c1ccc(Br)s1)c1cc(F)c(Cl)cc1Cl. The molecular formula is C16H14BrCl2FN2O2S. The molecule has 25 heavy (non-hydrogen) atoms. The molecule has 0 saturated heterocycles. The van der Waals surface area contributed by atoms with Crippen LogP contribution in [0, 0.1) is 5.82 Å². The van der Waals surface area contributed by atoms with E-state index in [1.807, 2.05) is 0 Å². The third-order valence-corrected chi connectivity index (χ3v) is 5.62. The van der Waals surface area contributed by atoms with E-state index < -0.39 is 11.9 Å². The lowest BCUT2D eigenvalue weighted by Gasteiger charge is -2.20. The van der Waals surface area contributed by atoms with Gasteiger partial charge in [0.15, 0.2) is 0 Å². The first-order valence-electron chi connectivity index (χ1n) is 7.13. The first kappa shape index (κ1) is 20.2. The molecule has 9 heteroatoms. The van der Waals surface area contributed by atoms with Gasteiger partial charge in [-0.05, 0) is 52.7 Å². The van der Waals surface area contributed by atoms with Crippen molar-refractivity contribution in [3.8, 4) is 0 Å². The first-order valence-corrected chi connectivity index (χ1v) is 9.50. The van der Waals surface area contributed by atoms with Crippen LogP contribution in [-0.2, 0) is 4.79 Å². The summed E-state index contributed by atoms with van der Waals surface area (Å²) in [6, 6.07) is 5.40. The number of nitrogens with one attached hydrogen (secondary N) is 1. The van der Waals surface area contributed by atoms with E-state index in [1.165, 1.54) is 35.4 Å². The minimum absolute atomic E-state index is 0.0836. The maximum absolute atomic E-state index is 13.6. The number of benzene rings is 1. The van der Waals surface area contributed by atoms with Crippen LogP contribution in [0.3, 0.4) is 0 Å². The van der Waals surface area contributed by atoms with Crippen LogP contribution in [0.1, 0.15) is 28.2 Å². The van der Waals surface area contributed by atoms with Gasteiger partial charge in [-0.1, -0.05) is 23.2 Å². The van der Waals surface area contributed by atoms with Crippen molar-refractivity contribution in [1.82, 2.24) is 10.2 Å². The smallest absolute Gasteiger partial charge is 0.264 e. The molecule has 1 unspecified atom stereocenters. The Kier molecular flexibility index (Phi) is 6.85. The number of rotatable bonds is 5. The van der Waals surface area contributed by atoms with E-state index in [9.17, 15) is 14.0 Å². The van der Waals surface area contributed by atoms with E-state index in [0.29, 0.717) is 10.4 Å². The lowest BCUT2D eigenvalue weighted by molar-refractivity contribution is -0.122. The van der Waals surface area contributed by atoms with E-state index in [-0.39, 0.29) is 28.4 Å². The van der Waals surface area contributed by atoms with Gasteiger partial charge in [0.1, 0.15) is 5.82 Å². The van der Waals surface area contributed by atoms with E-state index in [2.05, 4.69) is 21.2 Å². The predicted molar refractivity (Wildman–Crippen MR) is 102 cm³/mol. The van der Waals surface area contributed by atoms with Crippen LogP contribution in [0.5, 0.6) is 0 Å². The van der Waals surface area contributed by atoms with Gasteiger partial charge in [-0.3, -0.25) is 9.59 Å². The molecule has 2 aromatic rings. The van der Waals surface area contributed by atoms with Crippen molar-refractivity contribution in [1.29, 1.82) is 0 Å². The lowest BCUT2D eigenvalue weighted by Crippen LogP contribution is -2.39. The summed E-state index contributed by atoms with van der Waals surface area (Å²) in [5.41, 5.74) is 0.410. The first-order chi connectivity index (χ1) is 11.7. The number of likely N-dealkylation sites (N-methyl/N-ethyl adjacent to an activating group) is 1. The second kappa shape index (κ2) is 8.49. The maximum atomic E-state index is 13.6. The van der Waals surface area contributed by atoms with Crippen LogP contribution >= 0.6 is 50.5 Å². The summed E-state index contributed by atoms with van der Waals surface area (Å²) in [6.07, 6.45) is 0. The summed E-state index contributed by atoms with van der Waals surface area (Å²) >= 11 is 16.3. The molecular weight excluding hydrogens is 454 g/mol. The van der Waals surface area contributed by atoms with Crippen LogP contribution in [0.25, 0.3) is 0 Å². The molecule has 2 amide bonds. The Morgan fingerprint density at radius 3 is 2.60 bits per heavy atom. The van der Waals surface area contributed by atoms with Gasteiger partial charge in [0.25, 0.3) is 5.91 Å². The summed E-state index contributed by atoms with van der Waals surface area (Å²) in [7, 11) is 1.54. The third-order valence-electron chi connectivity index (χ3n) is 3.40. The average Bonchev–Trinajstić information content (AvgIpc) is 2.96. The van der Waals surface area contributed by atoms with Gasteiger partial charge < -0.3 is 10.2 Å². The Morgan fingerprint density at radius 2 is 2.00 bits per heavy atom. The Hall–Kier alpha value is -1.15. The summed E-state index contributed by atoms with van der Waals surface area (Å²) in [4.78, 5) is 26.2. The average molecular weight is 468 g/mol. The fourth-order valence-electron chi connectivity index (χ4n) is 2.14. The van der Waals surface area contributed by atoms with Crippen LogP contribution < -0.4 is 5.32 Å². The Balaban J connectivity index is 1.99. The standard InChI is InChI=1S/C16H14BrCl2FN2O2S/c1-8(9-5-12(20)11(19)6-10(9)18)21-15(23)7-22(2)16(24)13-3-4-14(17)25-13/h3-6,8H,7H2,1-2H3,(H,21,23). The number of carbonyl (C=O) groups excluding carboxylic acids is 2. The van der Waals surface area contributed by atoms with Crippen LogP contribution in [0.15, 0.2) is 28.1 Å². The fraction of sp³-hybridized carbons (Fsp3) is 0.250. The lowest BCUT2D eigenvalue weighted by atomic mass is 10.1. The number of halogens is 4. The molecule has 0 aliphatic carbocycles. The molecule has 0 aliphatic heterocycles. The largest absolute Gasteiger partial charge is 0.348 e. The Labute approximate surface area is 167 Å². The molecule has 0 aliphatic rings. The van der Waals surface area contributed by atoms with Crippen LogP contribution in [-0.4, -0.2) is 30.3 Å². The number of thiophene rings is 1. The van der Waals surface area contributed by atoms with E-state index in [4.69, 9.17) is 23.2 Å². The van der Waals surface area contributed by atoms with Crippen molar-refractivity contribution in [2.45, 2.75) is 13.0 Å². The summed E-state index contributed by atoms with van der Waals surface area (Å²) in [6.45, 7) is 1.54. The van der Waals surface area contributed by atoms with E-state index >= 15 is 0 Å². The van der Waals surface area contributed by atoms with Gasteiger partial charge in [-0.25, -0.2) is 4.39 Å². The van der Waals surface area contributed by atoms with Gasteiger partial charge in [-0.2, -0.15) is 0 Å². The van der Waals surface area contributed by atoms with Crippen LogP contribution in [0.4, 0.5) is 4.39 Å². The maximum Gasteiger partial charge on any atom is 0.264 e. The minimum Gasteiger partial charge on any atom is -0.348 e. The topological polar surface area (TPSA) is 49.4 Å². The molecule has 1 atom stereocenters. The highest BCUT2D eigenvalue weighted by Gasteiger charge is 2.19. The molecule has 1 aromatic heterocycles. The molecule has 0 radical (unpaired) electrons. The molecule has 0 fully saturated rings. The number of amides is 2. The molecule has 1 aromatic carbocycles. The van der Waals surface area contributed by atoms with Crippen LogP contribution in [0.2, 0.25) is 10.0 Å². The monoisotopic (exact) mass is 466 g/mol. The zero-order valence-electron chi connectivity index (χ0n) is 13.3. The molecule has 4 nitrogen and oxygen atoms in total. The second-order valence-electron chi connectivity index (χ2n) is 5.34. The zero-order chi connectivity index (χ0) is 18.7. The number of nitrogens with zero attached hydrogens (tertiary/aromatic N) is 1. The molecule has 134 valence electrons. The molecule has 0 saturated carbocycles. The van der Waals surface area contributed by atoms with Gasteiger partial charge >= 0.3 is 0 Å². The highest BCUT2D eigenvalue weighted by molar-refractivity contribution is 9.11. The fourth-order valence-corrected chi connectivity index (χ4v) is 4.07. The van der Waals surface area contributed by atoms with Gasteiger partial charge in [0.2, 0.25) is 5.91 Å². The van der Waals surface area contributed by atoms with Crippen molar-refractivity contribution in [3.63, 3.8) is 0 Å². The highest BCUT2D eigenvalue weighted by Crippen LogP contribution is 2.28. The van der Waals surface area contributed by atoms with E-state index in [0.717, 1.165) is 3.79 Å². The number of carbonyl (C=O) groups is 2. The Morgan fingerprint density at radius 1 is 1.32 bits per heavy atom. The number of hydrogen-bond donors (Lipinski definition) is 1. The Bertz CT molecular complexity index is 815. The van der Waals surface area contributed by atoms with Crippen molar-refractivity contribution < 1.29 is 14.0 Å². The van der Waals surface area contributed by atoms with Gasteiger partial charge in [0.05, 0.1) is 26.3 Å². The molecule has 2 rings (SSSR count). The van der Waals surface area contributed by atoms with E-state index in [1.54, 1.807) is 19.1 Å². The molecule has 1 N–H and O–H groups in total. The third kappa shape index (κ3) is 5.17. The second-order valence-corrected chi connectivity index (χ2v) is 8.62.